The average Bonchev–Trinajstić information content (AvgIpc) is 2.74. The highest BCUT2D eigenvalue weighted by Crippen LogP contribution is 2.11. The summed E-state index contributed by atoms with van der Waals surface area (Å²) in [6.07, 6.45) is 0.390. The number of hydrogen-bond acceptors (Lipinski definition) is 3. The fourth-order valence-corrected chi connectivity index (χ4v) is 2.46. The monoisotopic (exact) mass is 238 g/mol. The maximum absolute atomic E-state index is 12.0. The van der Waals surface area contributed by atoms with Gasteiger partial charge in [0.15, 0.2) is 0 Å². The van der Waals surface area contributed by atoms with Crippen LogP contribution in [0.4, 0.5) is 0 Å². The summed E-state index contributed by atoms with van der Waals surface area (Å²) in [6, 6.07) is 1.59. The lowest BCUT2D eigenvalue weighted by molar-refractivity contribution is -0.142. The topological polar surface area (TPSA) is 49.4 Å². The van der Waals surface area contributed by atoms with E-state index in [1.165, 1.54) is 0 Å². The van der Waals surface area contributed by atoms with Crippen molar-refractivity contribution in [2.45, 2.75) is 19.4 Å². The van der Waals surface area contributed by atoms with Crippen LogP contribution in [0.3, 0.4) is 0 Å². The molecule has 4 nitrogen and oxygen atoms in total. The van der Waals surface area contributed by atoms with Crippen LogP contribution in [-0.2, 0) is 16.0 Å². The van der Waals surface area contributed by atoms with Crippen LogP contribution in [0.25, 0.3) is 0 Å². The Bertz CT molecular complexity index is 389. The average molecular weight is 238 g/mol. The summed E-state index contributed by atoms with van der Waals surface area (Å²) >= 11 is 1.58. The van der Waals surface area contributed by atoms with Gasteiger partial charge in [-0.1, -0.05) is 0 Å². The molecular weight excluding hydrogens is 224 g/mol. The van der Waals surface area contributed by atoms with Gasteiger partial charge in [-0.15, -0.1) is 0 Å². The molecule has 1 unspecified atom stereocenters. The molecule has 5 heteroatoms. The highest BCUT2D eigenvalue weighted by molar-refractivity contribution is 7.07. The molecule has 1 aromatic heterocycles. The summed E-state index contributed by atoms with van der Waals surface area (Å²) in [6.45, 7) is 2.93. The minimum atomic E-state index is -0.347. The summed E-state index contributed by atoms with van der Waals surface area (Å²) in [5.41, 5.74) is 1.02. The van der Waals surface area contributed by atoms with Gasteiger partial charge in [0.25, 0.3) is 0 Å². The number of nitrogens with zero attached hydrogens (tertiary/aromatic N) is 1. The first-order valence-corrected chi connectivity index (χ1v) is 6.21. The number of thiophene rings is 1. The highest BCUT2D eigenvalue weighted by atomic mass is 32.1. The van der Waals surface area contributed by atoms with Crippen molar-refractivity contribution >= 4 is 23.2 Å². The zero-order chi connectivity index (χ0) is 11.5. The second-order valence-corrected chi connectivity index (χ2v) is 4.64. The number of nitrogens with one attached hydrogen (secondary N) is 1. The molecule has 1 N–H and O–H groups in total. The quantitative estimate of drug-likeness (QED) is 0.822. The smallest absolute Gasteiger partial charge is 0.242 e. The Kier molecular flexibility index (Phi) is 3.24. The second-order valence-electron chi connectivity index (χ2n) is 3.86. The van der Waals surface area contributed by atoms with Crippen molar-refractivity contribution in [2.75, 3.05) is 13.1 Å². The van der Waals surface area contributed by atoms with Crippen LogP contribution in [0.1, 0.15) is 12.5 Å². The lowest BCUT2D eigenvalue weighted by Gasteiger charge is -2.32. The molecule has 0 saturated carbocycles. The summed E-state index contributed by atoms with van der Waals surface area (Å²) < 4.78 is 0. The van der Waals surface area contributed by atoms with Gasteiger partial charge in [-0.2, -0.15) is 11.3 Å². The van der Waals surface area contributed by atoms with Gasteiger partial charge in [0, 0.05) is 13.1 Å². The Balaban J connectivity index is 2.01. The minimum Gasteiger partial charge on any atom is -0.353 e. The third-order valence-electron chi connectivity index (χ3n) is 2.75. The predicted molar refractivity (Wildman–Crippen MR) is 62.2 cm³/mol. The fraction of sp³-hybridized carbons (Fsp3) is 0.455. The van der Waals surface area contributed by atoms with Crippen molar-refractivity contribution in [3.63, 3.8) is 0 Å². The molecule has 1 aliphatic heterocycles. The van der Waals surface area contributed by atoms with Gasteiger partial charge in [-0.05, 0) is 29.3 Å². The first-order chi connectivity index (χ1) is 7.68. The Morgan fingerprint density at radius 2 is 2.50 bits per heavy atom. The van der Waals surface area contributed by atoms with Crippen LogP contribution in [0, 0.1) is 0 Å². The molecule has 2 heterocycles. The van der Waals surface area contributed by atoms with Crippen molar-refractivity contribution < 1.29 is 9.59 Å². The molecule has 1 aliphatic rings. The van der Waals surface area contributed by atoms with Gasteiger partial charge in [-0.25, -0.2) is 0 Å². The maximum Gasteiger partial charge on any atom is 0.242 e. The van der Waals surface area contributed by atoms with Crippen molar-refractivity contribution in [2.24, 2.45) is 0 Å². The molecule has 16 heavy (non-hydrogen) atoms. The fourth-order valence-electron chi connectivity index (χ4n) is 1.79. The number of rotatable bonds is 2. The maximum atomic E-state index is 12.0. The second kappa shape index (κ2) is 4.65. The van der Waals surface area contributed by atoms with Crippen LogP contribution in [0.2, 0.25) is 0 Å². The number of amides is 2. The lowest BCUT2D eigenvalue weighted by atomic mass is 10.1. The zero-order valence-electron chi connectivity index (χ0n) is 9.10. The van der Waals surface area contributed by atoms with E-state index in [1.54, 1.807) is 23.2 Å². The molecule has 1 fully saturated rings. The number of carbonyl (C=O) groups excluding carboxylic acids is 2. The van der Waals surface area contributed by atoms with E-state index in [4.69, 9.17) is 0 Å². The first-order valence-electron chi connectivity index (χ1n) is 5.27. The van der Waals surface area contributed by atoms with Crippen LogP contribution < -0.4 is 5.32 Å². The molecule has 0 radical (unpaired) electrons. The highest BCUT2D eigenvalue weighted by Gasteiger charge is 2.28. The van der Waals surface area contributed by atoms with E-state index in [0.717, 1.165) is 5.56 Å². The number of piperazine rings is 1. The van der Waals surface area contributed by atoms with E-state index in [-0.39, 0.29) is 17.9 Å². The molecule has 1 saturated heterocycles. The Morgan fingerprint density at radius 3 is 3.19 bits per heavy atom. The number of hydrogen-bond donors (Lipinski definition) is 1. The molecule has 0 spiro atoms. The van der Waals surface area contributed by atoms with Gasteiger partial charge in [-0.3, -0.25) is 9.59 Å². The van der Waals surface area contributed by atoms with E-state index < -0.39 is 0 Å². The normalized spacial score (nSPS) is 20.7. The molecular formula is C11H14N2O2S. The van der Waals surface area contributed by atoms with Gasteiger partial charge < -0.3 is 10.2 Å². The summed E-state index contributed by atoms with van der Waals surface area (Å²) in [7, 11) is 0. The van der Waals surface area contributed by atoms with E-state index >= 15 is 0 Å². The van der Waals surface area contributed by atoms with Crippen LogP contribution in [0.15, 0.2) is 16.8 Å². The molecule has 0 bridgehead atoms. The SMILES string of the molecule is CC1C(=O)NCCN1C(=O)Cc1ccsc1. The van der Waals surface area contributed by atoms with Gasteiger partial charge in [0.2, 0.25) is 11.8 Å². The van der Waals surface area contributed by atoms with E-state index in [9.17, 15) is 9.59 Å². The Labute approximate surface area is 98.3 Å². The molecule has 86 valence electrons. The molecule has 1 aromatic rings. The molecule has 0 aromatic carbocycles. The summed E-state index contributed by atoms with van der Waals surface area (Å²) in [4.78, 5) is 25.0. The van der Waals surface area contributed by atoms with Crippen LogP contribution in [0.5, 0.6) is 0 Å². The van der Waals surface area contributed by atoms with Crippen LogP contribution in [-0.4, -0.2) is 35.8 Å². The molecule has 2 rings (SSSR count). The Hall–Kier alpha value is -1.36. The first kappa shape index (κ1) is 11.1. The third-order valence-corrected chi connectivity index (χ3v) is 3.49. The van der Waals surface area contributed by atoms with Crippen molar-refractivity contribution in [3.05, 3.63) is 22.4 Å². The summed E-state index contributed by atoms with van der Waals surface area (Å²) in [5.74, 6) is -0.0364. The number of carbonyl (C=O) groups is 2. The largest absolute Gasteiger partial charge is 0.353 e. The third kappa shape index (κ3) is 2.24. The van der Waals surface area contributed by atoms with Gasteiger partial charge in [0.05, 0.1) is 6.42 Å². The molecule has 1 atom stereocenters. The zero-order valence-corrected chi connectivity index (χ0v) is 9.92. The lowest BCUT2D eigenvalue weighted by Crippen LogP contribution is -2.56. The van der Waals surface area contributed by atoms with E-state index in [0.29, 0.717) is 19.5 Å². The minimum absolute atomic E-state index is 0.0285. The van der Waals surface area contributed by atoms with Crippen molar-refractivity contribution in [1.82, 2.24) is 10.2 Å². The molecule has 0 aliphatic carbocycles. The van der Waals surface area contributed by atoms with Crippen molar-refractivity contribution in [1.29, 1.82) is 0 Å². The standard InChI is InChI=1S/C11H14N2O2S/c1-8-11(15)12-3-4-13(8)10(14)6-9-2-5-16-7-9/h2,5,7-8H,3-4,6H2,1H3,(H,12,15). The Morgan fingerprint density at radius 1 is 1.69 bits per heavy atom. The van der Waals surface area contributed by atoms with E-state index in [1.807, 2.05) is 16.8 Å². The predicted octanol–water partition coefficient (Wildman–Crippen LogP) is 0.638. The summed E-state index contributed by atoms with van der Waals surface area (Å²) in [5, 5.41) is 6.66. The van der Waals surface area contributed by atoms with E-state index in [2.05, 4.69) is 5.32 Å². The molecule has 2 amide bonds. The van der Waals surface area contributed by atoms with Crippen molar-refractivity contribution in [3.8, 4) is 0 Å². The van der Waals surface area contributed by atoms with Gasteiger partial charge in [0.1, 0.15) is 6.04 Å². The van der Waals surface area contributed by atoms with Gasteiger partial charge >= 0.3 is 0 Å². The van der Waals surface area contributed by atoms with Crippen LogP contribution >= 0.6 is 11.3 Å².